The smallest absolute Gasteiger partial charge is 0.255 e. The average molecular weight is 435 g/mol. The van der Waals surface area contributed by atoms with E-state index in [1.165, 1.54) is 17.0 Å². The van der Waals surface area contributed by atoms with Crippen LogP contribution in [0.1, 0.15) is 10.4 Å². The average Bonchev–Trinajstić information content (AvgIpc) is 2.65. The summed E-state index contributed by atoms with van der Waals surface area (Å²) in [6.07, 6.45) is 0. The van der Waals surface area contributed by atoms with E-state index in [4.69, 9.17) is 23.2 Å². The second-order valence-corrected chi connectivity index (χ2v) is 8.65. The zero-order valence-corrected chi connectivity index (χ0v) is 16.2. The van der Waals surface area contributed by atoms with Crippen LogP contribution in [0.3, 0.4) is 0 Å². The van der Waals surface area contributed by atoms with Crippen LogP contribution in [0.5, 0.6) is 0 Å². The molecule has 0 aliphatic carbocycles. The third-order valence-corrected chi connectivity index (χ3v) is 6.67. The maximum Gasteiger partial charge on any atom is 0.255 e. The largest absolute Gasteiger partial charge is 0.336 e. The van der Waals surface area contributed by atoms with E-state index in [9.17, 15) is 22.0 Å². The van der Waals surface area contributed by atoms with Crippen molar-refractivity contribution in [3.8, 4) is 0 Å². The lowest BCUT2D eigenvalue weighted by Gasteiger charge is -2.34. The molecule has 0 unspecified atom stereocenters. The first-order valence-electron chi connectivity index (χ1n) is 7.89. The number of sulfonamides is 1. The normalized spacial score (nSPS) is 15.8. The lowest BCUT2D eigenvalue weighted by molar-refractivity contribution is 0.0698. The summed E-state index contributed by atoms with van der Waals surface area (Å²) in [6.45, 7) is 0.0557. The highest BCUT2D eigenvalue weighted by Gasteiger charge is 2.32. The zero-order chi connectivity index (χ0) is 19.8. The van der Waals surface area contributed by atoms with Gasteiger partial charge in [-0.1, -0.05) is 23.2 Å². The molecule has 10 heteroatoms. The third-order valence-electron chi connectivity index (χ3n) is 4.20. The van der Waals surface area contributed by atoms with Gasteiger partial charge in [0, 0.05) is 31.2 Å². The van der Waals surface area contributed by atoms with Gasteiger partial charge in [0.15, 0.2) is 0 Å². The minimum absolute atomic E-state index is 0.0534. The number of piperazine rings is 1. The molecule has 0 aromatic heterocycles. The molecule has 2 aromatic rings. The van der Waals surface area contributed by atoms with Crippen molar-refractivity contribution in [2.45, 2.75) is 4.90 Å². The van der Waals surface area contributed by atoms with E-state index >= 15 is 0 Å². The molecular formula is C17H14Cl2F2N2O3S. The van der Waals surface area contributed by atoms with Gasteiger partial charge in [-0.3, -0.25) is 4.79 Å². The summed E-state index contributed by atoms with van der Waals surface area (Å²) in [4.78, 5) is 13.3. The predicted octanol–water partition coefficient (Wildman–Crippen LogP) is 3.42. The summed E-state index contributed by atoms with van der Waals surface area (Å²) >= 11 is 11.9. The summed E-state index contributed by atoms with van der Waals surface area (Å²) in [5, 5.41) is 0.590. The fraction of sp³-hybridized carbons (Fsp3) is 0.235. The van der Waals surface area contributed by atoms with Crippen LogP contribution in [0.25, 0.3) is 0 Å². The molecular weight excluding hydrogens is 421 g/mol. The highest BCUT2D eigenvalue weighted by Crippen LogP contribution is 2.25. The zero-order valence-electron chi connectivity index (χ0n) is 13.8. The number of benzene rings is 2. The van der Waals surface area contributed by atoms with Crippen molar-refractivity contribution in [2.75, 3.05) is 26.2 Å². The maximum absolute atomic E-state index is 13.9. The Bertz CT molecular complexity index is 994. The van der Waals surface area contributed by atoms with E-state index < -0.39 is 26.6 Å². The van der Waals surface area contributed by atoms with Crippen LogP contribution in [-0.2, 0) is 10.0 Å². The van der Waals surface area contributed by atoms with Crippen molar-refractivity contribution in [2.24, 2.45) is 0 Å². The van der Waals surface area contributed by atoms with E-state index in [0.717, 1.165) is 16.4 Å². The third kappa shape index (κ3) is 4.08. The van der Waals surface area contributed by atoms with Gasteiger partial charge in [0.25, 0.3) is 5.91 Å². The summed E-state index contributed by atoms with van der Waals surface area (Å²) < 4.78 is 53.4. The summed E-state index contributed by atoms with van der Waals surface area (Å²) in [6, 6.07) is 6.76. The summed E-state index contributed by atoms with van der Waals surface area (Å²) in [7, 11) is -4.21. The van der Waals surface area contributed by atoms with Gasteiger partial charge in [-0.2, -0.15) is 4.31 Å². The first kappa shape index (κ1) is 20.0. The standard InChI is InChI=1S/C17H14Cl2F2N2O3S/c18-11-1-3-14(19)13(9-11)17(24)22-5-7-23(8-6-22)27(25,26)16-10-12(20)2-4-15(16)21/h1-4,9-10H,5-8H2. The first-order valence-corrected chi connectivity index (χ1v) is 10.1. The van der Waals surface area contributed by atoms with Crippen molar-refractivity contribution >= 4 is 39.1 Å². The number of hydrogen-bond donors (Lipinski definition) is 0. The Morgan fingerprint density at radius 1 is 0.963 bits per heavy atom. The molecule has 0 atom stereocenters. The van der Waals surface area contributed by atoms with Gasteiger partial charge in [0.05, 0.1) is 10.6 Å². The van der Waals surface area contributed by atoms with Crippen molar-refractivity contribution in [3.63, 3.8) is 0 Å². The number of rotatable bonds is 3. The van der Waals surface area contributed by atoms with E-state index in [1.54, 1.807) is 6.07 Å². The number of halogens is 4. The van der Waals surface area contributed by atoms with Crippen molar-refractivity contribution < 1.29 is 22.0 Å². The van der Waals surface area contributed by atoms with E-state index in [0.29, 0.717) is 11.1 Å². The quantitative estimate of drug-likeness (QED) is 0.743. The fourth-order valence-corrected chi connectivity index (χ4v) is 4.65. The Hall–Kier alpha value is -1.74. The molecule has 1 amide bonds. The highest BCUT2D eigenvalue weighted by atomic mass is 35.5. The molecule has 1 fully saturated rings. The SMILES string of the molecule is O=C(c1cc(Cl)ccc1Cl)N1CCN(S(=O)(=O)c2cc(F)ccc2F)CC1. The number of carbonyl (C=O) groups is 1. The van der Waals surface area contributed by atoms with Crippen molar-refractivity contribution in [3.05, 3.63) is 63.6 Å². The van der Waals surface area contributed by atoms with Crippen molar-refractivity contribution in [1.82, 2.24) is 9.21 Å². The van der Waals surface area contributed by atoms with E-state index in [2.05, 4.69) is 0 Å². The minimum Gasteiger partial charge on any atom is -0.336 e. The Morgan fingerprint density at radius 2 is 1.63 bits per heavy atom. The number of carbonyl (C=O) groups excluding carboxylic acids is 1. The monoisotopic (exact) mass is 434 g/mol. The highest BCUT2D eigenvalue weighted by molar-refractivity contribution is 7.89. The predicted molar refractivity (Wildman–Crippen MR) is 97.5 cm³/mol. The van der Waals surface area contributed by atoms with Gasteiger partial charge in [-0.25, -0.2) is 17.2 Å². The molecule has 3 rings (SSSR count). The Balaban J connectivity index is 1.76. The van der Waals surface area contributed by atoms with Crippen LogP contribution in [0.4, 0.5) is 8.78 Å². The minimum atomic E-state index is -4.21. The molecule has 5 nitrogen and oxygen atoms in total. The topological polar surface area (TPSA) is 57.7 Å². The molecule has 0 radical (unpaired) electrons. The Labute approximate surface area is 165 Å². The molecule has 0 N–H and O–H groups in total. The second kappa shape index (κ2) is 7.71. The van der Waals surface area contributed by atoms with Gasteiger partial charge in [-0.05, 0) is 36.4 Å². The lowest BCUT2D eigenvalue weighted by atomic mass is 10.2. The molecule has 144 valence electrons. The molecule has 1 aliphatic rings. The molecule has 0 saturated carbocycles. The van der Waals surface area contributed by atoms with Gasteiger partial charge in [0.1, 0.15) is 16.5 Å². The van der Waals surface area contributed by atoms with Crippen LogP contribution >= 0.6 is 23.2 Å². The molecule has 0 bridgehead atoms. The number of amides is 1. The lowest BCUT2D eigenvalue weighted by Crippen LogP contribution is -2.50. The molecule has 27 heavy (non-hydrogen) atoms. The van der Waals surface area contributed by atoms with Crippen LogP contribution in [-0.4, -0.2) is 49.7 Å². The summed E-state index contributed by atoms with van der Waals surface area (Å²) in [5.74, 6) is -2.25. The first-order chi connectivity index (χ1) is 12.7. The number of hydrogen-bond acceptors (Lipinski definition) is 3. The molecule has 1 heterocycles. The maximum atomic E-state index is 13.9. The van der Waals surface area contributed by atoms with E-state index in [1.807, 2.05) is 0 Å². The van der Waals surface area contributed by atoms with Crippen LogP contribution in [0.15, 0.2) is 41.3 Å². The number of nitrogens with zero attached hydrogens (tertiary/aromatic N) is 2. The van der Waals surface area contributed by atoms with Crippen molar-refractivity contribution in [1.29, 1.82) is 0 Å². The fourth-order valence-electron chi connectivity index (χ4n) is 2.78. The van der Waals surface area contributed by atoms with Gasteiger partial charge in [0.2, 0.25) is 10.0 Å². The molecule has 2 aromatic carbocycles. The van der Waals surface area contributed by atoms with Gasteiger partial charge >= 0.3 is 0 Å². The second-order valence-electron chi connectivity index (χ2n) is 5.90. The van der Waals surface area contributed by atoms with Gasteiger partial charge in [-0.15, -0.1) is 0 Å². The van der Waals surface area contributed by atoms with E-state index in [-0.39, 0.29) is 42.7 Å². The molecule has 1 saturated heterocycles. The molecule has 0 spiro atoms. The Kier molecular flexibility index (Phi) is 5.71. The van der Waals surface area contributed by atoms with Crippen LogP contribution in [0.2, 0.25) is 10.0 Å². The van der Waals surface area contributed by atoms with Crippen LogP contribution in [0, 0.1) is 11.6 Å². The summed E-state index contributed by atoms with van der Waals surface area (Å²) in [5.41, 5.74) is 0.219. The molecule has 1 aliphatic heterocycles. The van der Waals surface area contributed by atoms with Crippen LogP contribution < -0.4 is 0 Å². The Morgan fingerprint density at radius 3 is 2.30 bits per heavy atom. The van der Waals surface area contributed by atoms with Gasteiger partial charge < -0.3 is 4.90 Å².